The molecule has 2 unspecified atom stereocenters. The highest BCUT2D eigenvalue weighted by molar-refractivity contribution is 4.96. The Kier molecular flexibility index (Phi) is 3.87. The average Bonchev–Trinajstić information content (AvgIpc) is 2.98. The number of likely N-dealkylation sites (N-methyl/N-ethyl adjacent to an activating group) is 2. The topological polar surface area (TPSA) is 13.0 Å². The fourth-order valence-corrected chi connectivity index (χ4v) is 4.60. The summed E-state index contributed by atoms with van der Waals surface area (Å²) in [4.78, 5) is 10.7. The van der Waals surface area contributed by atoms with Crippen LogP contribution in [0.4, 0.5) is 0 Å². The van der Waals surface area contributed by atoms with Crippen molar-refractivity contribution in [2.24, 2.45) is 0 Å². The highest BCUT2D eigenvalue weighted by Crippen LogP contribution is 2.35. The lowest BCUT2D eigenvalue weighted by Gasteiger charge is -2.49. The van der Waals surface area contributed by atoms with Crippen LogP contribution < -0.4 is 0 Å². The lowest BCUT2D eigenvalue weighted by Crippen LogP contribution is -2.62. The van der Waals surface area contributed by atoms with Gasteiger partial charge in [-0.25, -0.2) is 0 Å². The Hall–Kier alpha value is -0.160. The maximum Gasteiger partial charge on any atom is 0.0707 e. The quantitative estimate of drug-likeness (QED) is 0.666. The summed E-state index contributed by atoms with van der Waals surface area (Å²) in [6.45, 7) is 12.3. The van der Waals surface area contributed by atoms with Crippen LogP contribution in [0.2, 0.25) is 0 Å². The van der Waals surface area contributed by atoms with Gasteiger partial charge in [-0.2, -0.15) is 0 Å². The largest absolute Gasteiger partial charge is 0.287 e. The van der Waals surface area contributed by atoms with Gasteiger partial charge in [0.2, 0.25) is 0 Å². The molecule has 3 saturated heterocycles. The third kappa shape index (κ3) is 2.21. The first-order valence-electron chi connectivity index (χ1n) is 8.39. The minimum atomic E-state index is 0.286. The van der Waals surface area contributed by atoms with E-state index in [1.807, 2.05) is 0 Å². The van der Waals surface area contributed by atoms with E-state index < -0.39 is 0 Å². The molecule has 2 atom stereocenters. The van der Waals surface area contributed by atoms with Crippen molar-refractivity contribution in [2.45, 2.75) is 50.9 Å². The molecular formula is C16H32N4. The fourth-order valence-electron chi connectivity index (χ4n) is 4.60. The monoisotopic (exact) mass is 280 g/mol. The number of rotatable bonds is 0. The molecule has 116 valence electrons. The van der Waals surface area contributed by atoms with Crippen LogP contribution in [0.15, 0.2) is 0 Å². The molecule has 0 radical (unpaired) electrons. The Morgan fingerprint density at radius 3 is 1.40 bits per heavy atom. The van der Waals surface area contributed by atoms with Gasteiger partial charge >= 0.3 is 0 Å². The second kappa shape index (κ2) is 5.24. The molecule has 0 spiro atoms. The predicted molar refractivity (Wildman–Crippen MR) is 83.7 cm³/mol. The van der Waals surface area contributed by atoms with Gasteiger partial charge in [0, 0.05) is 39.3 Å². The van der Waals surface area contributed by atoms with Crippen molar-refractivity contribution in [1.29, 1.82) is 0 Å². The Balaban J connectivity index is 1.82. The minimum Gasteiger partial charge on any atom is -0.287 e. The van der Waals surface area contributed by atoms with Gasteiger partial charge in [-0.15, -0.1) is 0 Å². The maximum atomic E-state index is 2.73. The van der Waals surface area contributed by atoms with Crippen molar-refractivity contribution in [2.75, 3.05) is 53.4 Å². The predicted octanol–water partition coefficient (Wildman–Crippen LogP) is 1.49. The molecule has 0 amide bonds. The first kappa shape index (κ1) is 14.8. The second-order valence-electron chi connectivity index (χ2n) is 7.46. The summed E-state index contributed by atoms with van der Waals surface area (Å²) in [5.41, 5.74) is 0.572. The summed E-state index contributed by atoms with van der Waals surface area (Å²) in [6.07, 6.45) is 5.36. The molecule has 4 heteroatoms. The highest BCUT2D eigenvalue weighted by Gasteiger charge is 2.44. The molecule has 4 nitrogen and oxygen atoms in total. The zero-order valence-electron chi connectivity index (χ0n) is 13.9. The molecule has 0 aromatic carbocycles. The third-order valence-electron chi connectivity index (χ3n) is 6.57. The van der Waals surface area contributed by atoms with E-state index in [2.05, 4.69) is 47.5 Å². The van der Waals surface area contributed by atoms with Crippen molar-refractivity contribution in [3.05, 3.63) is 0 Å². The molecule has 0 aromatic heterocycles. The van der Waals surface area contributed by atoms with Gasteiger partial charge in [0.1, 0.15) is 0 Å². The van der Waals surface area contributed by atoms with E-state index in [-0.39, 0.29) is 11.3 Å². The fraction of sp³-hybridized carbons (Fsp3) is 1.00. The first-order chi connectivity index (χ1) is 9.47. The van der Waals surface area contributed by atoms with Crippen molar-refractivity contribution < 1.29 is 0 Å². The second-order valence-corrected chi connectivity index (χ2v) is 7.46. The zero-order chi connectivity index (χ0) is 14.4. The number of hydrogen-bond acceptors (Lipinski definition) is 4. The van der Waals surface area contributed by atoms with Crippen LogP contribution in [0, 0.1) is 0 Å². The van der Waals surface area contributed by atoms with Crippen LogP contribution in [-0.4, -0.2) is 84.3 Å². The van der Waals surface area contributed by atoms with Gasteiger partial charge in [-0.05, 0) is 53.6 Å². The van der Waals surface area contributed by atoms with E-state index in [0.717, 1.165) is 0 Å². The van der Waals surface area contributed by atoms with Gasteiger partial charge in [0.25, 0.3) is 0 Å². The number of fused-ring (bicyclic) bond motifs is 2. The molecule has 3 heterocycles. The maximum absolute atomic E-state index is 2.73. The van der Waals surface area contributed by atoms with Crippen LogP contribution in [0.1, 0.15) is 39.5 Å². The molecule has 0 bridgehead atoms. The van der Waals surface area contributed by atoms with Crippen molar-refractivity contribution in [3.8, 4) is 0 Å². The van der Waals surface area contributed by atoms with Crippen LogP contribution >= 0.6 is 0 Å². The molecule has 0 aliphatic carbocycles. The lowest BCUT2D eigenvalue weighted by atomic mass is 10.1. The van der Waals surface area contributed by atoms with Crippen LogP contribution in [-0.2, 0) is 0 Å². The lowest BCUT2D eigenvalue weighted by molar-refractivity contribution is -0.0601. The van der Waals surface area contributed by atoms with E-state index in [1.165, 1.54) is 65.0 Å². The zero-order valence-corrected chi connectivity index (χ0v) is 13.9. The summed E-state index contributed by atoms with van der Waals surface area (Å²) >= 11 is 0. The third-order valence-corrected chi connectivity index (χ3v) is 6.57. The van der Waals surface area contributed by atoms with Crippen LogP contribution in [0.3, 0.4) is 0 Å². The molecule has 0 saturated carbocycles. The van der Waals surface area contributed by atoms with Gasteiger partial charge in [0.05, 0.1) is 11.3 Å². The summed E-state index contributed by atoms with van der Waals surface area (Å²) < 4.78 is 0. The summed E-state index contributed by atoms with van der Waals surface area (Å²) in [5, 5.41) is 0. The molecule has 0 N–H and O–H groups in total. The van der Waals surface area contributed by atoms with E-state index in [4.69, 9.17) is 0 Å². The summed E-state index contributed by atoms with van der Waals surface area (Å²) in [6, 6.07) is 0. The molecule has 3 aliphatic rings. The number of hydrogen-bond donors (Lipinski definition) is 0. The number of nitrogens with zero attached hydrogens (tertiary/aromatic N) is 4. The summed E-state index contributed by atoms with van der Waals surface area (Å²) in [5.74, 6) is 0. The highest BCUT2D eigenvalue weighted by atomic mass is 15.5. The Morgan fingerprint density at radius 1 is 0.600 bits per heavy atom. The molecule has 3 rings (SSSR count). The van der Waals surface area contributed by atoms with Crippen molar-refractivity contribution in [3.63, 3.8) is 0 Å². The van der Waals surface area contributed by atoms with E-state index in [0.29, 0.717) is 0 Å². The molecule has 3 fully saturated rings. The molecule has 20 heavy (non-hydrogen) atoms. The molecular weight excluding hydrogens is 248 g/mol. The standard InChI is InChI=1S/C16H32N4/c1-15-7-5-9-19(15)13-14-20-10-6-8-16(20,2)18(4)12-11-17(15)3/h5-14H2,1-4H3. The van der Waals surface area contributed by atoms with Crippen molar-refractivity contribution in [1.82, 2.24) is 19.6 Å². The van der Waals surface area contributed by atoms with Crippen LogP contribution in [0.5, 0.6) is 0 Å². The minimum absolute atomic E-state index is 0.286. The van der Waals surface area contributed by atoms with E-state index in [1.54, 1.807) is 0 Å². The average molecular weight is 280 g/mol. The van der Waals surface area contributed by atoms with E-state index >= 15 is 0 Å². The van der Waals surface area contributed by atoms with Gasteiger partial charge in [-0.1, -0.05) is 0 Å². The molecule has 0 aromatic rings. The van der Waals surface area contributed by atoms with Gasteiger partial charge < -0.3 is 0 Å². The SMILES string of the molecule is CN1CCN(C)C2(C)CCCN2CCN2CCCC12C. The normalized spacial score (nSPS) is 42.6. The van der Waals surface area contributed by atoms with Crippen LogP contribution in [0.25, 0.3) is 0 Å². The Morgan fingerprint density at radius 2 is 1.00 bits per heavy atom. The Labute approximate surface area is 124 Å². The van der Waals surface area contributed by atoms with Gasteiger partial charge in [-0.3, -0.25) is 19.6 Å². The van der Waals surface area contributed by atoms with Crippen molar-refractivity contribution >= 4 is 0 Å². The van der Waals surface area contributed by atoms with E-state index in [9.17, 15) is 0 Å². The smallest absolute Gasteiger partial charge is 0.0707 e. The van der Waals surface area contributed by atoms with Gasteiger partial charge in [0.15, 0.2) is 0 Å². The summed E-state index contributed by atoms with van der Waals surface area (Å²) in [7, 11) is 4.64. The Bertz CT molecular complexity index is 326. The first-order valence-corrected chi connectivity index (χ1v) is 8.39. The molecule has 3 aliphatic heterocycles.